The van der Waals surface area contributed by atoms with E-state index in [1.807, 2.05) is 56.3 Å². The number of nitrogens with zero attached hydrogens (tertiary/aromatic N) is 1. The van der Waals surface area contributed by atoms with Crippen LogP contribution in [-0.2, 0) is 16.2 Å². The molecule has 8 nitrogen and oxygen atoms in total. The number of carbonyl (C=O) groups excluding carboxylic acids is 3. The van der Waals surface area contributed by atoms with Crippen molar-refractivity contribution in [3.05, 3.63) is 112 Å². The minimum atomic E-state index is -1.14. The Labute approximate surface area is 224 Å². The lowest BCUT2D eigenvalue weighted by Crippen LogP contribution is -2.54. The highest BCUT2D eigenvalue weighted by molar-refractivity contribution is 6.39. The molecule has 8 heteroatoms. The monoisotopic (exact) mass is 520 g/mol. The first-order valence-corrected chi connectivity index (χ1v) is 12.2. The fourth-order valence-corrected chi connectivity index (χ4v) is 4.65. The Hall–Kier alpha value is -5.24. The predicted octanol–water partition coefficient (Wildman–Crippen LogP) is 5.40. The first-order chi connectivity index (χ1) is 18.7. The number of nitrogens with one attached hydrogen (secondary N) is 1. The minimum absolute atomic E-state index is 0.00296. The number of aromatic carboxylic acids is 1. The lowest BCUT2D eigenvalue weighted by atomic mass is 9.99. The van der Waals surface area contributed by atoms with E-state index in [-0.39, 0.29) is 23.4 Å². The molecule has 1 aliphatic rings. The molecule has 0 aliphatic carbocycles. The standard InChI is InChI=1S/C31H24N2O6/c1-18-13-19(2)15-20(14-18)17-39-27-12-9-21-5-3-4-6-24(21)25(27)16-26-28(34)32-31(38)33(29(26)35)23-10-7-22(8-11-23)30(36)37/h3-16H,17H2,1-2H3,(H,36,37)(H,32,34,38)/b26-16+. The highest BCUT2D eigenvalue weighted by Crippen LogP contribution is 2.32. The maximum atomic E-state index is 13.5. The number of aryl methyl sites for hydroxylation is 2. The summed E-state index contributed by atoms with van der Waals surface area (Å²) < 4.78 is 6.20. The fraction of sp³-hybridized carbons (Fsp3) is 0.0968. The molecule has 1 saturated heterocycles. The smallest absolute Gasteiger partial charge is 0.335 e. The summed E-state index contributed by atoms with van der Waals surface area (Å²) >= 11 is 0. The maximum absolute atomic E-state index is 13.5. The Bertz CT molecular complexity index is 1670. The van der Waals surface area contributed by atoms with Crippen LogP contribution >= 0.6 is 0 Å². The summed E-state index contributed by atoms with van der Waals surface area (Å²) in [7, 11) is 0. The first-order valence-electron chi connectivity index (χ1n) is 12.2. The minimum Gasteiger partial charge on any atom is -0.488 e. The zero-order chi connectivity index (χ0) is 27.7. The molecular weight excluding hydrogens is 496 g/mol. The van der Waals surface area contributed by atoms with E-state index >= 15 is 0 Å². The molecule has 0 radical (unpaired) electrons. The number of fused-ring (bicyclic) bond motifs is 1. The topological polar surface area (TPSA) is 113 Å². The van der Waals surface area contributed by atoms with Gasteiger partial charge >= 0.3 is 12.0 Å². The largest absolute Gasteiger partial charge is 0.488 e. The zero-order valence-corrected chi connectivity index (χ0v) is 21.2. The number of barbiturate groups is 1. The van der Waals surface area contributed by atoms with Crippen LogP contribution in [0.1, 0.15) is 32.6 Å². The molecule has 1 fully saturated rings. The third kappa shape index (κ3) is 5.13. The number of hydrogen-bond donors (Lipinski definition) is 2. The van der Waals surface area contributed by atoms with Gasteiger partial charge in [0.25, 0.3) is 11.8 Å². The zero-order valence-electron chi connectivity index (χ0n) is 21.2. The summed E-state index contributed by atoms with van der Waals surface area (Å²) in [5, 5.41) is 13.0. The van der Waals surface area contributed by atoms with Crippen LogP contribution in [-0.4, -0.2) is 28.9 Å². The van der Waals surface area contributed by atoms with E-state index in [2.05, 4.69) is 11.4 Å². The van der Waals surface area contributed by atoms with Gasteiger partial charge in [-0.1, -0.05) is 59.7 Å². The summed E-state index contributed by atoms with van der Waals surface area (Å²) in [5.41, 5.74) is 3.59. The van der Waals surface area contributed by atoms with Crippen LogP contribution in [0, 0.1) is 13.8 Å². The summed E-state index contributed by atoms with van der Waals surface area (Å²) in [6, 6.07) is 21.6. The van der Waals surface area contributed by atoms with Crippen LogP contribution in [0.15, 0.2) is 84.4 Å². The van der Waals surface area contributed by atoms with Crippen molar-refractivity contribution < 1.29 is 29.0 Å². The average Bonchev–Trinajstić information content (AvgIpc) is 2.90. The quantitative estimate of drug-likeness (QED) is 0.260. The van der Waals surface area contributed by atoms with Crippen LogP contribution < -0.4 is 15.0 Å². The van der Waals surface area contributed by atoms with Gasteiger partial charge in [0.15, 0.2) is 0 Å². The third-order valence-corrected chi connectivity index (χ3v) is 6.37. The molecule has 0 aromatic heterocycles. The average molecular weight is 521 g/mol. The number of imide groups is 2. The lowest BCUT2D eigenvalue weighted by molar-refractivity contribution is -0.122. The summed E-state index contributed by atoms with van der Waals surface area (Å²) in [5.74, 6) is -2.34. The van der Waals surface area contributed by atoms with Gasteiger partial charge < -0.3 is 9.84 Å². The van der Waals surface area contributed by atoms with Crippen LogP contribution in [0.4, 0.5) is 10.5 Å². The van der Waals surface area contributed by atoms with Crippen molar-refractivity contribution in [2.45, 2.75) is 20.5 Å². The van der Waals surface area contributed by atoms with E-state index in [1.165, 1.54) is 30.3 Å². The molecule has 0 spiro atoms. The molecule has 0 saturated carbocycles. The summed E-state index contributed by atoms with van der Waals surface area (Å²) in [6.45, 7) is 4.30. The molecule has 4 aromatic carbocycles. The van der Waals surface area contributed by atoms with Crippen molar-refractivity contribution in [3.8, 4) is 5.75 Å². The molecule has 4 amide bonds. The normalized spacial score (nSPS) is 14.6. The number of ether oxygens (including phenoxy) is 1. The number of carboxylic acid groups (broad SMARTS) is 1. The van der Waals surface area contributed by atoms with Gasteiger partial charge in [0.2, 0.25) is 0 Å². The van der Waals surface area contributed by atoms with Crippen LogP contribution in [0.3, 0.4) is 0 Å². The second kappa shape index (κ2) is 10.3. The number of anilines is 1. The highest BCUT2D eigenvalue weighted by Gasteiger charge is 2.37. The van der Waals surface area contributed by atoms with Crippen LogP contribution in [0.25, 0.3) is 16.8 Å². The molecule has 0 bridgehead atoms. The van der Waals surface area contributed by atoms with Gasteiger partial charge in [-0.25, -0.2) is 14.5 Å². The Morgan fingerprint density at radius 3 is 2.31 bits per heavy atom. The van der Waals surface area contributed by atoms with Crippen molar-refractivity contribution in [2.75, 3.05) is 4.90 Å². The summed E-state index contributed by atoms with van der Waals surface area (Å²) in [4.78, 5) is 51.0. The van der Waals surface area contributed by atoms with Gasteiger partial charge in [-0.3, -0.25) is 14.9 Å². The molecule has 2 N–H and O–H groups in total. The van der Waals surface area contributed by atoms with Crippen molar-refractivity contribution in [1.82, 2.24) is 5.32 Å². The maximum Gasteiger partial charge on any atom is 0.335 e. The van der Waals surface area contributed by atoms with E-state index < -0.39 is 23.8 Å². The molecule has 1 heterocycles. The first kappa shape index (κ1) is 25.4. The van der Waals surface area contributed by atoms with E-state index in [4.69, 9.17) is 9.84 Å². The van der Waals surface area contributed by atoms with E-state index in [9.17, 15) is 19.2 Å². The molecule has 0 unspecified atom stereocenters. The van der Waals surface area contributed by atoms with Crippen LogP contribution in [0.5, 0.6) is 5.75 Å². The van der Waals surface area contributed by atoms with Gasteiger partial charge in [-0.2, -0.15) is 0 Å². The lowest BCUT2D eigenvalue weighted by Gasteiger charge is -2.26. The second-order valence-electron chi connectivity index (χ2n) is 9.29. The van der Waals surface area contributed by atoms with E-state index in [0.717, 1.165) is 32.4 Å². The predicted molar refractivity (Wildman–Crippen MR) is 147 cm³/mol. The molecule has 4 aromatic rings. The van der Waals surface area contributed by atoms with Crippen LogP contribution in [0.2, 0.25) is 0 Å². The Balaban J connectivity index is 1.56. The Morgan fingerprint density at radius 1 is 0.923 bits per heavy atom. The van der Waals surface area contributed by atoms with E-state index in [1.54, 1.807) is 6.07 Å². The van der Waals surface area contributed by atoms with Crippen molar-refractivity contribution in [3.63, 3.8) is 0 Å². The molecule has 5 rings (SSSR count). The van der Waals surface area contributed by atoms with Crippen molar-refractivity contribution >= 4 is 46.4 Å². The number of rotatable bonds is 6. The molecule has 0 atom stereocenters. The Morgan fingerprint density at radius 2 is 1.62 bits per heavy atom. The number of carbonyl (C=O) groups is 4. The molecule has 1 aliphatic heterocycles. The number of carboxylic acids is 1. The van der Waals surface area contributed by atoms with Gasteiger partial charge in [-0.15, -0.1) is 0 Å². The van der Waals surface area contributed by atoms with Gasteiger partial charge in [-0.05, 0) is 66.6 Å². The number of amides is 4. The SMILES string of the molecule is Cc1cc(C)cc(COc2ccc3ccccc3c2/C=C2\C(=O)NC(=O)N(c3ccc(C(=O)O)cc3)C2=O)c1. The summed E-state index contributed by atoms with van der Waals surface area (Å²) in [6.07, 6.45) is 1.43. The number of hydrogen-bond acceptors (Lipinski definition) is 5. The Kier molecular flexibility index (Phi) is 6.68. The van der Waals surface area contributed by atoms with E-state index in [0.29, 0.717) is 11.3 Å². The molecule has 194 valence electrons. The second-order valence-corrected chi connectivity index (χ2v) is 9.29. The van der Waals surface area contributed by atoms with Crippen molar-refractivity contribution in [1.29, 1.82) is 0 Å². The number of urea groups is 1. The fourth-order valence-electron chi connectivity index (χ4n) is 4.65. The third-order valence-electron chi connectivity index (χ3n) is 6.37. The molecular formula is C31H24N2O6. The highest BCUT2D eigenvalue weighted by atomic mass is 16.5. The van der Waals surface area contributed by atoms with Gasteiger partial charge in [0, 0.05) is 5.56 Å². The number of benzene rings is 4. The van der Waals surface area contributed by atoms with Crippen molar-refractivity contribution in [2.24, 2.45) is 0 Å². The van der Waals surface area contributed by atoms with Gasteiger partial charge in [0.1, 0.15) is 17.9 Å². The van der Waals surface area contributed by atoms with Gasteiger partial charge in [0.05, 0.1) is 11.3 Å². The molecule has 39 heavy (non-hydrogen) atoms.